The van der Waals surface area contributed by atoms with E-state index in [4.69, 9.17) is 0 Å². The number of hydrogen-bond donors (Lipinski definition) is 1. The van der Waals surface area contributed by atoms with Gasteiger partial charge in [0.2, 0.25) is 0 Å². The molecule has 1 heterocycles. The summed E-state index contributed by atoms with van der Waals surface area (Å²) in [6.45, 7) is 4.49. The molecule has 0 aromatic carbocycles. The van der Waals surface area contributed by atoms with Crippen molar-refractivity contribution < 1.29 is 5.11 Å². The molecule has 0 amide bonds. The Morgan fingerprint density at radius 3 is 2.46 bits per heavy atom. The van der Waals surface area contributed by atoms with Gasteiger partial charge in [-0.1, -0.05) is 19.6 Å². The lowest BCUT2D eigenvalue weighted by molar-refractivity contribution is 0.0530. The number of aliphatic hydroxyl groups is 1. The minimum absolute atomic E-state index is 0.0712. The van der Waals surface area contributed by atoms with Crippen LogP contribution in [0.1, 0.15) is 19.8 Å². The largest absolute Gasteiger partial charge is 0.391 e. The molecule has 2 fully saturated rings. The zero-order valence-electron chi connectivity index (χ0n) is 8.45. The highest BCUT2D eigenvalue weighted by atomic mass is 16.3. The van der Waals surface area contributed by atoms with Crippen molar-refractivity contribution in [1.29, 1.82) is 0 Å². The van der Waals surface area contributed by atoms with Crippen LogP contribution in [0.25, 0.3) is 0 Å². The maximum absolute atomic E-state index is 9.96. The van der Waals surface area contributed by atoms with Crippen LogP contribution in [0.5, 0.6) is 0 Å². The molecule has 13 heavy (non-hydrogen) atoms. The fourth-order valence-corrected chi connectivity index (χ4v) is 2.65. The summed E-state index contributed by atoms with van der Waals surface area (Å²) in [5.41, 5.74) is 0. The standard InChI is InChI=1S/C10H19BNO/c1-8-2-3-9(10(8)13)12-6-4-11-5-7-12/h8-10,13H,2-7H2,1H3/t8-,9?,10-/m1/s1. The molecule has 0 spiro atoms. The summed E-state index contributed by atoms with van der Waals surface area (Å²) < 4.78 is 0. The summed E-state index contributed by atoms with van der Waals surface area (Å²) in [4.78, 5) is 2.48. The monoisotopic (exact) mass is 180 g/mol. The lowest BCUT2D eigenvalue weighted by Crippen LogP contribution is -2.45. The molecule has 2 rings (SSSR count). The zero-order chi connectivity index (χ0) is 9.26. The SMILES string of the molecule is C[C@@H]1CCC(N2CC[B]CC2)[C@@H]1O. The molecule has 1 radical (unpaired) electrons. The molecule has 1 aliphatic heterocycles. The Balaban J connectivity index is 1.92. The van der Waals surface area contributed by atoms with Gasteiger partial charge in [-0.25, -0.2) is 0 Å². The molecule has 73 valence electrons. The van der Waals surface area contributed by atoms with Crippen LogP contribution in [-0.2, 0) is 0 Å². The van der Waals surface area contributed by atoms with Gasteiger partial charge in [-0.3, -0.25) is 4.90 Å². The van der Waals surface area contributed by atoms with Crippen molar-refractivity contribution in [3.05, 3.63) is 0 Å². The molecule has 1 N–H and O–H groups in total. The maximum Gasteiger partial charge on any atom is 0.112 e. The van der Waals surface area contributed by atoms with E-state index >= 15 is 0 Å². The third kappa shape index (κ3) is 1.91. The van der Waals surface area contributed by atoms with Gasteiger partial charge in [-0.2, -0.15) is 0 Å². The van der Waals surface area contributed by atoms with Crippen molar-refractivity contribution in [3.63, 3.8) is 0 Å². The summed E-state index contributed by atoms with van der Waals surface area (Å²) in [7, 11) is 2.36. The van der Waals surface area contributed by atoms with Gasteiger partial charge in [-0.05, 0) is 31.8 Å². The summed E-state index contributed by atoms with van der Waals surface area (Å²) in [5, 5.41) is 9.96. The number of aliphatic hydroxyl groups excluding tert-OH is 1. The average Bonchev–Trinajstić information content (AvgIpc) is 2.49. The second-order valence-electron chi connectivity index (χ2n) is 4.51. The van der Waals surface area contributed by atoms with E-state index in [9.17, 15) is 5.11 Å². The summed E-state index contributed by atoms with van der Waals surface area (Å²) in [5.74, 6) is 0.510. The van der Waals surface area contributed by atoms with Crippen LogP contribution < -0.4 is 0 Å². The number of rotatable bonds is 1. The molecule has 0 aromatic heterocycles. The minimum atomic E-state index is -0.0712. The molecule has 0 bridgehead atoms. The van der Waals surface area contributed by atoms with Crippen molar-refractivity contribution in [1.82, 2.24) is 4.90 Å². The maximum atomic E-state index is 9.96. The molecule has 1 aliphatic carbocycles. The van der Waals surface area contributed by atoms with Crippen LogP contribution >= 0.6 is 0 Å². The molecule has 0 aromatic rings. The van der Waals surface area contributed by atoms with E-state index in [0.717, 1.165) is 13.1 Å². The smallest absolute Gasteiger partial charge is 0.112 e. The highest BCUT2D eigenvalue weighted by molar-refractivity contribution is 6.35. The second kappa shape index (κ2) is 4.01. The molecule has 3 heteroatoms. The fourth-order valence-electron chi connectivity index (χ4n) is 2.65. The first-order chi connectivity index (χ1) is 6.29. The molecule has 1 unspecified atom stereocenters. The van der Waals surface area contributed by atoms with Crippen molar-refractivity contribution in [2.24, 2.45) is 5.92 Å². The fraction of sp³-hybridized carbons (Fsp3) is 1.00. The van der Waals surface area contributed by atoms with Crippen molar-refractivity contribution >= 4 is 7.28 Å². The predicted molar refractivity (Wildman–Crippen MR) is 55.1 cm³/mol. The van der Waals surface area contributed by atoms with Crippen molar-refractivity contribution in [2.75, 3.05) is 13.1 Å². The quantitative estimate of drug-likeness (QED) is 0.608. The average molecular weight is 180 g/mol. The Morgan fingerprint density at radius 2 is 1.92 bits per heavy atom. The van der Waals surface area contributed by atoms with E-state index in [-0.39, 0.29) is 6.10 Å². The first kappa shape index (κ1) is 9.54. The summed E-state index contributed by atoms with van der Waals surface area (Å²) in [6, 6.07) is 0.462. The van der Waals surface area contributed by atoms with E-state index in [1.165, 1.54) is 25.5 Å². The molecular formula is C10H19BNO. The molecule has 1 saturated carbocycles. The van der Waals surface area contributed by atoms with Gasteiger partial charge in [0.25, 0.3) is 0 Å². The Morgan fingerprint density at radius 1 is 1.23 bits per heavy atom. The lowest BCUT2D eigenvalue weighted by Gasteiger charge is -2.34. The van der Waals surface area contributed by atoms with Gasteiger partial charge in [-0.15, -0.1) is 0 Å². The van der Waals surface area contributed by atoms with Crippen LogP contribution in [0, 0.1) is 5.92 Å². The highest BCUT2D eigenvalue weighted by Crippen LogP contribution is 2.30. The molecule has 2 aliphatic rings. The van der Waals surface area contributed by atoms with Crippen LogP contribution in [-0.4, -0.2) is 42.5 Å². The predicted octanol–water partition coefficient (Wildman–Crippen LogP) is 1.00. The summed E-state index contributed by atoms with van der Waals surface area (Å²) >= 11 is 0. The Kier molecular flexibility index (Phi) is 2.94. The van der Waals surface area contributed by atoms with Crippen LogP contribution in [0.15, 0.2) is 0 Å². The van der Waals surface area contributed by atoms with Gasteiger partial charge in [0.05, 0.1) is 6.10 Å². The van der Waals surface area contributed by atoms with E-state index < -0.39 is 0 Å². The van der Waals surface area contributed by atoms with E-state index in [1.807, 2.05) is 0 Å². The Bertz CT molecular complexity index is 170. The Labute approximate surface area is 81.6 Å². The summed E-state index contributed by atoms with van der Waals surface area (Å²) in [6.07, 6.45) is 4.74. The Hall–Kier alpha value is -0.0151. The molecule has 1 saturated heterocycles. The van der Waals surface area contributed by atoms with Gasteiger partial charge in [0.1, 0.15) is 7.28 Å². The third-order valence-electron chi connectivity index (χ3n) is 3.60. The second-order valence-corrected chi connectivity index (χ2v) is 4.51. The number of hydrogen-bond acceptors (Lipinski definition) is 2. The van der Waals surface area contributed by atoms with Crippen molar-refractivity contribution in [2.45, 2.75) is 44.6 Å². The van der Waals surface area contributed by atoms with Gasteiger partial charge >= 0.3 is 0 Å². The van der Waals surface area contributed by atoms with Crippen molar-refractivity contribution in [3.8, 4) is 0 Å². The van der Waals surface area contributed by atoms with E-state index in [2.05, 4.69) is 19.1 Å². The van der Waals surface area contributed by atoms with Gasteiger partial charge < -0.3 is 5.11 Å². The molecular weight excluding hydrogens is 161 g/mol. The van der Waals surface area contributed by atoms with E-state index in [0.29, 0.717) is 12.0 Å². The van der Waals surface area contributed by atoms with Crippen LogP contribution in [0.4, 0.5) is 0 Å². The van der Waals surface area contributed by atoms with Crippen LogP contribution in [0.2, 0.25) is 12.6 Å². The van der Waals surface area contributed by atoms with E-state index in [1.54, 1.807) is 0 Å². The van der Waals surface area contributed by atoms with Gasteiger partial charge in [0.15, 0.2) is 0 Å². The topological polar surface area (TPSA) is 23.5 Å². The zero-order valence-corrected chi connectivity index (χ0v) is 8.45. The number of nitrogens with zero attached hydrogens (tertiary/aromatic N) is 1. The van der Waals surface area contributed by atoms with Crippen LogP contribution in [0.3, 0.4) is 0 Å². The lowest BCUT2D eigenvalue weighted by atomic mass is 9.68. The van der Waals surface area contributed by atoms with Gasteiger partial charge in [0, 0.05) is 6.04 Å². The minimum Gasteiger partial charge on any atom is -0.391 e. The first-order valence-electron chi connectivity index (χ1n) is 5.53. The molecule has 3 atom stereocenters. The third-order valence-corrected chi connectivity index (χ3v) is 3.60. The first-order valence-corrected chi connectivity index (χ1v) is 5.53. The normalized spacial score (nSPS) is 41.8. The molecule has 2 nitrogen and oxygen atoms in total. The highest BCUT2D eigenvalue weighted by Gasteiger charge is 2.35.